The number of hydrogen-bond acceptors (Lipinski definition) is 5. The maximum atomic E-state index is 11.9. The average Bonchev–Trinajstić information content (AvgIpc) is 2.88. The van der Waals surface area contributed by atoms with Crippen molar-refractivity contribution in [1.82, 2.24) is 20.0 Å². The number of H-pyrrole nitrogens is 1. The molecule has 0 bridgehead atoms. The van der Waals surface area contributed by atoms with Crippen LogP contribution in [0.2, 0.25) is 0 Å². The van der Waals surface area contributed by atoms with E-state index in [1.165, 1.54) is 10.2 Å². The quantitative estimate of drug-likeness (QED) is 0.645. The molecule has 0 fully saturated rings. The summed E-state index contributed by atoms with van der Waals surface area (Å²) < 4.78 is 1.66. The number of aliphatic hydroxyl groups excluding tert-OH is 1. The fourth-order valence-electron chi connectivity index (χ4n) is 1.97. The number of aromatic amines is 1. The van der Waals surface area contributed by atoms with Crippen LogP contribution in [0.1, 0.15) is 17.7 Å². The normalized spacial score (nSPS) is 10.8. The SMILES string of the molecule is Cc1[nH]ncc1CCCNc1cnn(CCO)c(=O)c1Br. The lowest BCUT2D eigenvalue weighted by Gasteiger charge is -2.09. The Labute approximate surface area is 130 Å². The van der Waals surface area contributed by atoms with Crippen molar-refractivity contribution in [2.24, 2.45) is 0 Å². The van der Waals surface area contributed by atoms with Crippen molar-refractivity contribution in [2.75, 3.05) is 18.5 Å². The third-order valence-corrected chi connectivity index (χ3v) is 3.94. The summed E-state index contributed by atoms with van der Waals surface area (Å²) in [5.74, 6) is 0. The van der Waals surface area contributed by atoms with E-state index in [1.54, 1.807) is 6.20 Å². The molecule has 0 atom stereocenters. The average molecular weight is 356 g/mol. The molecule has 2 aromatic heterocycles. The fraction of sp³-hybridized carbons (Fsp3) is 0.462. The van der Waals surface area contributed by atoms with Crippen molar-refractivity contribution in [3.05, 3.63) is 38.5 Å². The number of rotatable bonds is 7. The lowest BCUT2D eigenvalue weighted by Crippen LogP contribution is -2.26. The zero-order valence-electron chi connectivity index (χ0n) is 11.8. The predicted molar refractivity (Wildman–Crippen MR) is 83.4 cm³/mol. The van der Waals surface area contributed by atoms with Gasteiger partial charge in [0.15, 0.2) is 0 Å². The predicted octanol–water partition coefficient (Wildman–Crippen LogP) is 1.07. The summed E-state index contributed by atoms with van der Waals surface area (Å²) >= 11 is 3.27. The van der Waals surface area contributed by atoms with Crippen molar-refractivity contribution in [2.45, 2.75) is 26.3 Å². The standard InChI is InChI=1S/C13H18BrN5O2/c1-9-10(7-16-18-9)3-2-4-15-11-8-17-19(5-6-20)13(21)12(11)14/h7-8,15,20H,2-6H2,1H3,(H,16,18). The van der Waals surface area contributed by atoms with Crippen LogP contribution < -0.4 is 10.9 Å². The van der Waals surface area contributed by atoms with Crippen LogP contribution >= 0.6 is 15.9 Å². The minimum atomic E-state index is -0.250. The molecule has 2 heterocycles. The summed E-state index contributed by atoms with van der Waals surface area (Å²) in [6.45, 7) is 2.80. The second kappa shape index (κ2) is 7.37. The van der Waals surface area contributed by atoms with Gasteiger partial charge in [0.1, 0.15) is 4.47 Å². The zero-order chi connectivity index (χ0) is 15.2. The Morgan fingerprint density at radius 2 is 2.29 bits per heavy atom. The topological polar surface area (TPSA) is 95.8 Å². The lowest BCUT2D eigenvalue weighted by molar-refractivity contribution is 0.266. The van der Waals surface area contributed by atoms with Gasteiger partial charge in [-0.1, -0.05) is 0 Å². The summed E-state index contributed by atoms with van der Waals surface area (Å²) in [6, 6.07) is 0. The van der Waals surface area contributed by atoms with Gasteiger partial charge in [0.2, 0.25) is 0 Å². The number of aliphatic hydroxyl groups is 1. The summed E-state index contributed by atoms with van der Waals surface area (Å²) in [7, 11) is 0. The third-order valence-electron chi connectivity index (χ3n) is 3.17. The van der Waals surface area contributed by atoms with Crippen molar-refractivity contribution >= 4 is 21.6 Å². The zero-order valence-corrected chi connectivity index (χ0v) is 13.4. The molecule has 21 heavy (non-hydrogen) atoms. The summed E-state index contributed by atoms with van der Waals surface area (Å²) in [5.41, 5.74) is 2.70. The molecule has 0 aliphatic rings. The minimum absolute atomic E-state index is 0.115. The van der Waals surface area contributed by atoms with Gasteiger partial charge in [0, 0.05) is 12.2 Å². The van der Waals surface area contributed by atoms with Crippen LogP contribution in [0.15, 0.2) is 21.7 Å². The summed E-state index contributed by atoms with van der Waals surface area (Å²) in [6.07, 6.45) is 5.27. The van der Waals surface area contributed by atoms with E-state index < -0.39 is 0 Å². The number of aromatic nitrogens is 4. The molecule has 3 N–H and O–H groups in total. The molecule has 0 aliphatic heterocycles. The number of nitrogens with zero attached hydrogens (tertiary/aromatic N) is 3. The van der Waals surface area contributed by atoms with Gasteiger partial charge in [-0.15, -0.1) is 0 Å². The van der Waals surface area contributed by atoms with E-state index in [-0.39, 0.29) is 18.7 Å². The second-order valence-corrected chi connectivity index (χ2v) is 5.47. The Hall–Kier alpha value is -1.67. The van der Waals surface area contributed by atoms with Crippen molar-refractivity contribution < 1.29 is 5.11 Å². The molecular formula is C13H18BrN5O2. The van der Waals surface area contributed by atoms with Gasteiger partial charge in [-0.25, -0.2) is 4.68 Å². The van der Waals surface area contributed by atoms with Gasteiger partial charge in [-0.05, 0) is 41.3 Å². The van der Waals surface area contributed by atoms with Crippen molar-refractivity contribution in [3.63, 3.8) is 0 Å². The smallest absolute Gasteiger partial charge is 0.283 e. The fourth-order valence-corrected chi connectivity index (χ4v) is 2.42. The lowest BCUT2D eigenvalue weighted by atomic mass is 10.1. The van der Waals surface area contributed by atoms with Crippen LogP contribution in [0.5, 0.6) is 0 Å². The van der Waals surface area contributed by atoms with E-state index in [1.807, 2.05) is 13.1 Å². The Morgan fingerprint density at radius 3 is 2.95 bits per heavy atom. The van der Waals surface area contributed by atoms with Crippen LogP contribution in [-0.4, -0.2) is 38.2 Å². The van der Waals surface area contributed by atoms with Crippen LogP contribution in [0.4, 0.5) is 5.69 Å². The number of halogens is 1. The van der Waals surface area contributed by atoms with Gasteiger partial charge >= 0.3 is 0 Å². The number of anilines is 1. The van der Waals surface area contributed by atoms with Gasteiger partial charge < -0.3 is 10.4 Å². The minimum Gasteiger partial charge on any atom is -0.394 e. The summed E-state index contributed by atoms with van der Waals surface area (Å²) in [4.78, 5) is 11.9. The van der Waals surface area contributed by atoms with Crippen LogP contribution in [0, 0.1) is 6.92 Å². The molecule has 0 unspecified atom stereocenters. The number of nitrogens with one attached hydrogen (secondary N) is 2. The van der Waals surface area contributed by atoms with Crippen molar-refractivity contribution in [3.8, 4) is 0 Å². The molecule has 7 nitrogen and oxygen atoms in total. The highest BCUT2D eigenvalue weighted by Crippen LogP contribution is 2.16. The molecule has 0 radical (unpaired) electrons. The highest BCUT2D eigenvalue weighted by atomic mass is 79.9. The van der Waals surface area contributed by atoms with Gasteiger partial charge in [-0.3, -0.25) is 9.89 Å². The Bertz CT molecular complexity index is 652. The maximum absolute atomic E-state index is 11.9. The highest BCUT2D eigenvalue weighted by Gasteiger charge is 2.08. The molecule has 0 aromatic carbocycles. The third kappa shape index (κ3) is 3.92. The monoisotopic (exact) mass is 355 g/mol. The molecule has 0 spiro atoms. The summed E-state index contributed by atoms with van der Waals surface area (Å²) in [5, 5.41) is 22.9. The van der Waals surface area contributed by atoms with E-state index >= 15 is 0 Å². The molecule has 2 rings (SSSR count). The second-order valence-electron chi connectivity index (χ2n) is 4.67. The van der Waals surface area contributed by atoms with Crippen LogP contribution in [0.3, 0.4) is 0 Å². The first-order valence-corrected chi connectivity index (χ1v) is 7.52. The van der Waals surface area contributed by atoms with Gasteiger partial charge in [0.05, 0.1) is 31.2 Å². The number of hydrogen-bond donors (Lipinski definition) is 3. The molecule has 0 saturated heterocycles. The van der Waals surface area contributed by atoms with Crippen LogP contribution in [0.25, 0.3) is 0 Å². The van der Waals surface area contributed by atoms with E-state index in [0.717, 1.165) is 25.1 Å². The van der Waals surface area contributed by atoms with E-state index in [4.69, 9.17) is 5.11 Å². The largest absolute Gasteiger partial charge is 0.394 e. The molecule has 2 aromatic rings. The van der Waals surface area contributed by atoms with E-state index in [9.17, 15) is 4.79 Å². The van der Waals surface area contributed by atoms with Gasteiger partial charge in [0.25, 0.3) is 5.56 Å². The van der Waals surface area contributed by atoms with Crippen LogP contribution in [-0.2, 0) is 13.0 Å². The Morgan fingerprint density at radius 1 is 1.48 bits per heavy atom. The molecule has 0 saturated carbocycles. The molecule has 114 valence electrons. The Kier molecular flexibility index (Phi) is 5.51. The van der Waals surface area contributed by atoms with E-state index in [2.05, 4.69) is 36.5 Å². The van der Waals surface area contributed by atoms with E-state index in [0.29, 0.717) is 10.2 Å². The van der Waals surface area contributed by atoms with Crippen molar-refractivity contribution in [1.29, 1.82) is 0 Å². The highest BCUT2D eigenvalue weighted by molar-refractivity contribution is 9.10. The maximum Gasteiger partial charge on any atom is 0.283 e. The molecule has 0 aliphatic carbocycles. The number of aryl methyl sites for hydroxylation is 2. The molecular weight excluding hydrogens is 338 g/mol. The first kappa shape index (κ1) is 15.7. The molecule has 0 amide bonds. The van der Waals surface area contributed by atoms with Gasteiger partial charge in [-0.2, -0.15) is 10.2 Å². The first-order valence-electron chi connectivity index (χ1n) is 6.72. The first-order chi connectivity index (χ1) is 10.1. The Balaban J connectivity index is 1.90. The molecule has 8 heteroatoms.